The minimum absolute atomic E-state index is 0.260. The molecule has 1 unspecified atom stereocenters. The monoisotopic (exact) mass is 265 g/mol. The molecule has 1 aromatic carbocycles. The van der Waals surface area contributed by atoms with Crippen LogP contribution >= 0.6 is 0 Å². The van der Waals surface area contributed by atoms with Gasteiger partial charge in [0.2, 0.25) is 0 Å². The minimum atomic E-state index is -0.506. The van der Waals surface area contributed by atoms with Crippen LogP contribution < -0.4 is 0 Å². The van der Waals surface area contributed by atoms with Crippen molar-refractivity contribution in [2.45, 2.75) is 32.4 Å². The predicted molar refractivity (Wildman–Crippen MR) is 74.8 cm³/mol. The Morgan fingerprint density at radius 1 is 1.47 bits per heavy atom. The van der Waals surface area contributed by atoms with Gasteiger partial charge in [0.05, 0.1) is 13.2 Å². The van der Waals surface area contributed by atoms with Crippen LogP contribution in [0.2, 0.25) is 0 Å². The number of aryl methyl sites for hydroxylation is 1. The summed E-state index contributed by atoms with van der Waals surface area (Å²) in [4.78, 5) is 13.0. The molecule has 0 bridgehead atoms. The number of likely N-dealkylation sites (N-methyl/N-ethyl adjacent to an activating group) is 1. The van der Waals surface area contributed by atoms with Gasteiger partial charge < -0.3 is 9.84 Å². The molecular formula is C15H23NO3. The van der Waals surface area contributed by atoms with E-state index in [1.165, 1.54) is 18.2 Å². The molecule has 4 heteroatoms. The van der Waals surface area contributed by atoms with Gasteiger partial charge in [0.1, 0.15) is 0 Å². The largest absolute Gasteiger partial charge is 0.469 e. The molecule has 0 aliphatic rings. The first-order valence-electron chi connectivity index (χ1n) is 6.50. The van der Waals surface area contributed by atoms with Gasteiger partial charge in [-0.25, -0.2) is 0 Å². The summed E-state index contributed by atoms with van der Waals surface area (Å²) in [5, 5.41) is 9.85. The summed E-state index contributed by atoms with van der Waals surface area (Å²) >= 11 is 0. The molecule has 0 amide bonds. The molecule has 106 valence electrons. The highest BCUT2D eigenvalue weighted by molar-refractivity contribution is 5.69. The normalized spacial score (nSPS) is 12.5. The molecule has 1 aromatic rings. The van der Waals surface area contributed by atoms with Crippen molar-refractivity contribution in [2.24, 2.45) is 0 Å². The third-order valence-electron chi connectivity index (χ3n) is 2.97. The molecule has 0 saturated heterocycles. The summed E-state index contributed by atoms with van der Waals surface area (Å²) in [7, 11) is 3.32. The average Bonchev–Trinajstić information content (AvgIpc) is 2.35. The Bertz CT molecular complexity index is 406. The summed E-state index contributed by atoms with van der Waals surface area (Å²) in [5.74, 6) is -0.277. The van der Waals surface area contributed by atoms with Crippen molar-refractivity contribution in [3.8, 4) is 0 Å². The number of nitrogens with zero attached hydrogens (tertiary/aromatic N) is 1. The van der Waals surface area contributed by atoms with Crippen molar-refractivity contribution in [2.75, 3.05) is 20.7 Å². The number of aliphatic hydroxyl groups is 1. The highest BCUT2D eigenvalue weighted by Gasteiger charge is 2.11. The second kappa shape index (κ2) is 7.92. The molecule has 1 N–H and O–H groups in total. The van der Waals surface area contributed by atoms with Crippen molar-refractivity contribution in [1.82, 2.24) is 4.90 Å². The number of rotatable bonds is 7. The molecule has 0 spiro atoms. The Kier molecular flexibility index (Phi) is 6.53. The highest BCUT2D eigenvalue weighted by Crippen LogP contribution is 2.08. The van der Waals surface area contributed by atoms with Crippen LogP contribution in [0, 0.1) is 6.92 Å². The summed E-state index contributed by atoms with van der Waals surface area (Å²) < 4.78 is 4.55. The van der Waals surface area contributed by atoms with Crippen molar-refractivity contribution in [3.63, 3.8) is 0 Å². The number of hydrogen-bond acceptors (Lipinski definition) is 4. The lowest BCUT2D eigenvalue weighted by Gasteiger charge is -2.20. The molecule has 0 aliphatic carbocycles. The Balaban J connectivity index is 2.34. The van der Waals surface area contributed by atoms with Crippen LogP contribution in [0.25, 0.3) is 0 Å². The van der Waals surface area contributed by atoms with Crippen LogP contribution in [0.15, 0.2) is 24.3 Å². The van der Waals surface area contributed by atoms with Crippen LogP contribution in [0.3, 0.4) is 0 Å². The molecule has 0 aromatic heterocycles. The second-order valence-corrected chi connectivity index (χ2v) is 4.95. The average molecular weight is 265 g/mol. The highest BCUT2D eigenvalue weighted by atomic mass is 16.5. The fourth-order valence-electron chi connectivity index (χ4n) is 2.02. The molecule has 0 aliphatic heterocycles. The Labute approximate surface area is 115 Å². The summed E-state index contributed by atoms with van der Waals surface area (Å²) in [5.41, 5.74) is 2.46. The van der Waals surface area contributed by atoms with Gasteiger partial charge in [-0.2, -0.15) is 0 Å². The molecule has 0 saturated carbocycles. The van der Waals surface area contributed by atoms with Crippen molar-refractivity contribution < 1.29 is 14.6 Å². The van der Waals surface area contributed by atoms with E-state index in [2.05, 4.69) is 34.8 Å². The van der Waals surface area contributed by atoms with Gasteiger partial charge in [-0.15, -0.1) is 0 Å². The SMILES string of the molecule is COC(=O)CCC(O)CN(C)Cc1cccc(C)c1. The van der Waals surface area contributed by atoms with Crippen LogP contribution in [0.4, 0.5) is 0 Å². The summed E-state index contributed by atoms with van der Waals surface area (Å²) in [6, 6.07) is 8.31. The van der Waals surface area contributed by atoms with E-state index in [-0.39, 0.29) is 12.4 Å². The lowest BCUT2D eigenvalue weighted by Crippen LogP contribution is -2.29. The lowest BCUT2D eigenvalue weighted by atomic mass is 10.1. The molecule has 4 nitrogen and oxygen atoms in total. The van der Waals surface area contributed by atoms with E-state index in [0.717, 1.165) is 6.54 Å². The van der Waals surface area contributed by atoms with E-state index in [4.69, 9.17) is 0 Å². The molecule has 0 heterocycles. The van der Waals surface area contributed by atoms with Gasteiger partial charge in [0.25, 0.3) is 0 Å². The van der Waals surface area contributed by atoms with Gasteiger partial charge >= 0.3 is 5.97 Å². The second-order valence-electron chi connectivity index (χ2n) is 4.95. The number of benzene rings is 1. The molecule has 1 rings (SSSR count). The van der Waals surface area contributed by atoms with Gasteiger partial charge in [0, 0.05) is 19.5 Å². The molecular weight excluding hydrogens is 242 g/mol. The first-order chi connectivity index (χ1) is 9.01. The quantitative estimate of drug-likeness (QED) is 0.763. The summed E-state index contributed by atoms with van der Waals surface area (Å²) in [6.45, 7) is 3.40. The van der Waals surface area contributed by atoms with Crippen LogP contribution in [0.1, 0.15) is 24.0 Å². The first kappa shape index (κ1) is 15.7. The lowest BCUT2D eigenvalue weighted by molar-refractivity contribution is -0.141. The van der Waals surface area contributed by atoms with Crippen LogP contribution in [-0.4, -0.2) is 42.8 Å². The fourth-order valence-corrected chi connectivity index (χ4v) is 2.02. The van der Waals surface area contributed by atoms with Gasteiger partial charge in [-0.05, 0) is 26.0 Å². The van der Waals surface area contributed by atoms with Gasteiger partial charge in [0.15, 0.2) is 0 Å². The number of aliphatic hydroxyl groups excluding tert-OH is 1. The first-order valence-corrected chi connectivity index (χ1v) is 6.50. The third-order valence-corrected chi connectivity index (χ3v) is 2.97. The van der Waals surface area contributed by atoms with E-state index in [0.29, 0.717) is 13.0 Å². The Hall–Kier alpha value is -1.39. The van der Waals surface area contributed by atoms with Crippen LogP contribution in [0.5, 0.6) is 0 Å². The zero-order valence-electron chi connectivity index (χ0n) is 11.9. The Morgan fingerprint density at radius 3 is 2.84 bits per heavy atom. The maximum atomic E-state index is 11.0. The Morgan fingerprint density at radius 2 is 2.21 bits per heavy atom. The zero-order valence-corrected chi connectivity index (χ0v) is 11.9. The minimum Gasteiger partial charge on any atom is -0.469 e. The number of ether oxygens (including phenoxy) is 1. The fraction of sp³-hybridized carbons (Fsp3) is 0.533. The number of carbonyl (C=O) groups excluding carboxylic acids is 1. The predicted octanol–water partition coefficient (Wildman–Crippen LogP) is 1.74. The van der Waals surface area contributed by atoms with E-state index in [1.807, 2.05) is 13.1 Å². The number of hydrogen-bond donors (Lipinski definition) is 1. The number of carbonyl (C=O) groups is 1. The maximum absolute atomic E-state index is 11.0. The van der Waals surface area contributed by atoms with E-state index < -0.39 is 6.10 Å². The summed E-state index contributed by atoms with van der Waals surface area (Å²) in [6.07, 6.45) is 0.190. The van der Waals surface area contributed by atoms with E-state index in [9.17, 15) is 9.90 Å². The topological polar surface area (TPSA) is 49.8 Å². The standard InChI is InChI=1S/C15H23NO3/c1-12-5-4-6-13(9-12)10-16(2)11-14(17)7-8-15(18)19-3/h4-6,9,14,17H,7-8,10-11H2,1-3H3. The van der Waals surface area contributed by atoms with Crippen molar-refractivity contribution in [1.29, 1.82) is 0 Å². The zero-order chi connectivity index (χ0) is 14.3. The van der Waals surface area contributed by atoms with E-state index >= 15 is 0 Å². The molecule has 0 radical (unpaired) electrons. The van der Waals surface area contributed by atoms with Crippen molar-refractivity contribution >= 4 is 5.97 Å². The molecule has 19 heavy (non-hydrogen) atoms. The number of esters is 1. The number of methoxy groups -OCH3 is 1. The van der Waals surface area contributed by atoms with Gasteiger partial charge in [-0.1, -0.05) is 29.8 Å². The maximum Gasteiger partial charge on any atom is 0.305 e. The van der Waals surface area contributed by atoms with Crippen molar-refractivity contribution in [3.05, 3.63) is 35.4 Å². The van der Waals surface area contributed by atoms with Crippen LogP contribution in [-0.2, 0) is 16.1 Å². The third kappa shape index (κ3) is 6.36. The molecule has 0 fully saturated rings. The molecule has 1 atom stereocenters. The van der Waals surface area contributed by atoms with E-state index in [1.54, 1.807) is 0 Å². The van der Waals surface area contributed by atoms with Gasteiger partial charge in [-0.3, -0.25) is 9.69 Å². The smallest absolute Gasteiger partial charge is 0.305 e.